The van der Waals surface area contributed by atoms with Crippen LogP contribution in [0.15, 0.2) is 0 Å². The Bertz CT molecular complexity index is 220. The van der Waals surface area contributed by atoms with E-state index in [9.17, 15) is 0 Å². The zero-order chi connectivity index (χ0) is 12.1. The van der Waals surface area contributed by atoms with Gasteiger partial charge in [0.1, 0.15) is 0 Å². The van der Waals surface area contributed by atoms with Crippen LogP contribution in [0.2, 0.25) is 0 Å². The first-order chi connectivity index (χ1) is 8.25. The van der Waals surface area contributed by atoms with Gasteiger partial charge in [-0.25, -0.2) is 5.01 Å². The summed E-state index contributed by atoms with van der Waals surface area (Å²) in [6, 6.07) is 0.616. The first kappa shape index (κ1) is 13.2. The second kappa shape index (κ2) is 6.66. The molecule has 100 valence electrons. The summed E-state index contributed by atoms with van der Waals surface area (Å²) in [4.78, 5) is 2.48. The Labute approximate surface area is 104 Å². The fourth-order valence-corrected chi connectivity index (χ4v) is 2.29. The fourth-order valence-electron chi connectivity index (χ4n) is 2.29. The van der Waals surface area contributed by atoms with Crippen LogP contribution >= 0.6 is 0 Å². The maximum atomic E-state index is 5.79. The molecule has 1 N–H and O–H groups in total. The zero-order valence-electron chi connectivity index (χ0n) is 11.0. The van der Waals surface area contributed by atoms with Crippen LogP contribution in [0.1, 0.15) is 13.8 Å². The van der Waals surface area contributed by atoms with Crippen LogP contribution in [-0.4, -0.2) is 74.6 Å². The Morgan fingerprint density at radius 1 is 1.18 bits per heavy atom. The Morgan fingerprint density at radius 2 is 1.94 bits per heavy atom. The molecule has 0 amide bonds. The standard InChI is InChI=1S/C12H25N3O2/c1-11(2)14-3-8-17-12(10-14)9-13-15-4-6-16-7-5-15/h11-13H,3-10H2,1-2H3. The lowest BCUT2D eigenvalue weighted by Crippen LogP contribution is -2.53. The SMILES string of the molecule is CC(C)N1CCOC(CNN2CCOCC2)C1. The van der Waals surface area contributed by atoms with E-state index in [1.54, 1.807) is 0 Å². The van der Waals surface area contributed by atoms with E-state index in [0.29, 0.717) is 12.1 Å². The number of nitrogens with one attached hydrogen (secondary N) is 1. The van der Waals surface area contributed by atoms with Crippen LogP contribution in [0, 0.1) is 0 Å². The Morgan fingerprint density at radius 3 is 2.65 bits per heavy atom. The lowest BCUT2D eigenvalue weighted by atomic mass is 10.2. The largest absolute Gasteiger partial charge is 0.379 e. The average molecular weight is 243 g/mol. The summed E-state index contributed by atoms with van der Waals surface area (Å²) >= 11 is 0. The van der Waals surface area contributed by atoms with Gasteiger partial charge in [0, 0.05) is 38.8 Å². The van der Waals surface area contributed by atoms with Crippen LogP contribution in [0.4, 0.5) is 0 Å². The number of rotatable bonds is 4. The molecule has 0 radical (unpaired) electrons. The van der Waals surface area contributed by atoms with E-state index in [1.165, 1.54) is 0 Å². The lowest BCUT2D eigenvalue weighted by Gasteiger charge is -2.37. The maximum Gasteiger partial charge on any atom is 0.0840 e. The van der Waals surface area contributed by atoms with Gasteiger partial charge in [-0.3, -0.25) is 10.3 Å². The van der Waals surface area contributed by atoms with Crippen molar-refractivity contribution in [2.45, 2.75) is 26.0 Å². The third kappa shape index (κ3) is 4.19. The Kier molecular flexibility index (Phi) is 5.18. The smallest absolute Gasteiger partial charge is 0.0840 e. The van der Waals surface area contributed by atoms with Crippen LogP contribution in [0.5, 0.6) is 0 Å². The molecule has 0 spiro atoms. The molecule has 1 unspecified atom stereocenters. The minimum atomic E-state index is 0.314. The van der Waals surface area contributed by atoms with Crippen molar-refractivity contribution in [3.05, 3.63) is 0 Å². The van der Waals surface area contributed by atoms with Gasteiger partial charge in [0.2, 0.25) is 0 Å². The number of nitrogens with zero attached hydrogens (tertiary/aromatic N) is 2. The van der Waals surface area contributed by atoms with E-state index >= 15 is 0 Å². The number of hydrazine groups is 1. The quantitative estimate of drug-likeness (QED) is 0.748. The summed E-state index contributed by atoms with van der Waals surface area (Å²) in [6.07, 6.45) is 0.314. The molecular weight excluding hydrogens is 218 g/mol. The van der Waals surface area contributed by atoms with E-state index in [0.717, 1.165) is 52.5 Å². The molecule has 5 nitrogen and oxygen atoms in total. The molecule has 1 atom stereocenters. The number of ether oxygens (including phenoxy) is 2. The number of hydrogen-bond acceptors (Lipinski definition) is 5. The molecule has 0 aromatic rings. The van der Waals surface area contributed by atoms with Crippen LogP contribution in [0.3, 0.4) is 0 Å². The van der Waals surface area contributed by atoms with Gasteiger partial charge in [-0.15, -0.1) is 0 Å². The van der Waals surface area contributed by atoms with Crippen LogP contribution in [-0.2, 0) is 9.47 Å². The minimum Gasteiger partial charge on any atom is -0.379 e. The molecule has 0 aliphatic carbocycles. The maximum absolute atomic E-state index is 5.79. The molecule has 0 bridgehead atoms. The lowest BCUT2D eigenvalue weighted by molar-refractivity contribution is -0.0537. The number of morpholine rings is 2. The van der Waals surface area contributed by atoms with Gasteiger partial charge >= 0.3 is 0 Å². The van der Waals surface area contributed by atoms with Crippen molar-refractivity contribution < 1.29 is 9.47 Å². The van der Waals surface area contributed by atoms with E-state index in [4.69, 9.17) is 9.47 Å². The van der Waals surface area contributed by atoms with Crippen molar-refractivity contribution in [3.8, 4) is 0 Å². The van der Waals surface area contributed by atoms with Crippen molar-refractivity contribution in [3.63, 3.8) is 0 Å². The minimum absolute atomic E-state index is 0.314. The fraction of sp³-hybridized carbons (Fsp3) is 1.00. The highest BCUT2D eigenvalue weighted by molar-refractivity contribution is 4.75. The Hall–Kier alpha value is -0.200. The molecular formula is C12H25N3O2. The van der Waals surface area contributed by atoms with Crippen molar-refractivity contribution >= 4 is 0 Å². The molecule has 2 aliphatic heterocycles. The van der Waals surface area contributed by atoms with Crippen LogP contribution < -0.4 is 5.43 Å². The summed E-state index contributed by atoms with van der Waals surface area (Å²) < 4.78 is 11.1. The highest BCUT2D eigenvalue weighted by atomic mass is 16.5. The van der Waals surface area contributed by atoms with Gasteiger partial charge in [0.05, 0.1) is 25.9 Å². The molecule has 0 aromatic carbocycles. The second-order valence-electron chi connectivity index (χ2n) is 5.04. The summed E-state index contributed by atoms with van der Waals surface area (Å²) in [5, 5.41) is 2.24. The highest BCUT2D eigenvalue weighted by Gasteiger charge is 2.22. The van der Waals surface area contributed by atoms with Gasteiger partial charge in [-0.05, 0) is 13.8 Å². The van der Waals surface area contributed by atoms with Crippen molar-refractivity contribution in [2.24, 2.45) is 0 Å². The van der Waals surface area contributed by atoms with Crippen molar-refractivity contribution in [1.82, 2.24) is 15.3 Å². The monoisotopic (exact) mass is 243 g/mol. The van der Waals surface area contributed by atoms with Gasteiger partial charge in [0.25, 0.3) is 0 Å². The second-order valence-corrected chi connectivity index (χ2v) is 5.04. The zero-order valence-corrected chi connectivity index (χ0v) is 11.0. The van der Waals surface area contributed by atoms with Gasteiger partial charge in [-0.2, -0.15) is 0 Å². The molecule has 5 heteroatoms. The third-order valence-electron chi connectivity index (χ3n) is 3.45. The molecule has 2 fully saturated rings. The Balaban J connectivity index is 1.67. The molecule has 2 saturated heterocycles. The van der Waals surface area contributed by atoms with Crippen molar-refractivity contribution in [1.29, 1.82) is 0 Å². The molecule has 0 saturated carbocycles. The molecule has 2 rings (SSSR count). The first-order valence-corrected chi connectivity index (χ1v) is 6.67. The van der Waals surface area contributed by atoms with Crippen molar-refractivity contribution in [2.75, 3.05) is 52.5 Å². The first-order valence-electron chi connectivity index (χ1n) is 6.67. The number of hydrogen-bond donors (Lipinski definition) is 1. The van der Waals surface area contributed by atoms with E-state index in [-0.39, 0.29) is 0 Å². The van der Waals surface area contributed by atoms with Crippen LogP contribution in [0.25, 0.3) is 0 Å². The predicted molar refractivity (Wildman–Crippen MR) is 66.8 cm³/mol. The normalized spacial score (nSPS) is 28.8. The topological polar surface area (TPSA) is 37.0 Å². The molecule has 0 aromatic heterocycles. The van der Waals surface area contributed by atoms with E-state index in [2.05, 4.69) is 29.2 Å². The third-order valence-corrected chi connectivity index (χ3v) is 3.45. The van der Waals surface area contributed by atoms with Gasteiger partial charge in [-0.1, -0.05) is 0 Å². The average Bonchev–Trinajstić information content (AvgIpc) is 2.38. The molecule has 2 aliphatic rings. The van der Waals surface area contributed by atoms with E-state index in [1.807, 2.05) is 0 Å². The summed E-state index contributed by atoms with van der Waals surface area (Å²) in [5.74, 6) is 0. The van der Waals surface area contributed by atoms with Gasteiger partial charge < -0.3 is 9.47 Å². The molecule has 2 heterocycles. The van der Waals surface area contributed by atoms with Gasteiger partial charge in [0.15, 0.2) is 0 Å². The summed E-state index contributed by atoms with van der Waals surface area (Å²) in [6.45, 7) is 12.0. The summed E-state index contributed by atoms with van der Waals surface area (Å²) in [5.41, 5.74) is 3.45. The van der Waals surface area contributed by atoms with E-state index < -0.39 is 0 Å². The highest BCUT2D eigenvalue weighted by Crippen LogP contribution is 2.08. The summed E-state index contributed by atoms with van der Waals surface area (Å²) in [7, 11) is 0. The molecule has 17 heavy (non-hydrogen) atoms. The predicted octanol–water partition coefficient (Wildman–Crippen LogP) is -0.0676.